The van der Waals surface area contributed by atoms with Gasteiger partial charge in [-0.1, -0.05) is 77.9 Å². The number of hydrogen-bond acceptors (Lipinski definition) is 2. The Bertz CT molecular complexity index is 603. The van der Waals surface area contributed by atoms with Gasteiger partial charge < -0.3 is 0 Å². The molecular formula is C22H30N2. The van der Waals surface area contributed by atoms with Gasteiger partial charge in [0.15, 0.2) is 0 Å². The summed E-state index contributed by atoms with van der Waals surface area (Å²) in [6, 6.07) is 22.5. The fraction of sp³-hybridized carbons (Fsp3) is 0.455. The average molecular weight is 322 g/mol. The highest BCUT2D eigenvalue weighted by atomic mass is 15.7. The van der Waals surface area contributed by atoms with Gasteiger partial charge >= 0.3 is 0 Å². The topological polar surface area (TPSA) is 6.48 Å². The lowest BCUT2D eigenvalue weighted by Crippen LogP contribution is -2.79. The van der Waals surface area contributed by atoms with Crippen LogP contribution in [0.15, 0.2) is 60.7 Å². The smallest absolute Gasteiger partial charge is 0.0783 e. The number of rotatable bonds is 2. The number of nitrogens with zero attached hydrogens (tertiary/aromatic N) is 2. The molecule has 0 radical (unpaired) electrons. The van der Waals surface area contributed by atoms with Crippen LogP contribution in [0.1, 0.15) is 41.5 Å². The SMILES string of the molecule is CC(C)(C)C1C(C(C)(C)C)N(c2ccccc2)N1c1ccccc1. The molecule has 1 heterocycles. The molecule has 0 aliphatic carbocycles. The van der Waals surface area contributed by atoms with Crippen molar-refractivity contribution in [3.05, 3.63) is 60.7 Å². The van der Waals surface area contributed by atoms with Crippen LogP contribution >= 0.6 is 0 Å². The molecule has 24 heavy (non-hydrogen) atoms. The zero-order chi connectivity index (χ0) is 17.5. The summed E-state index contributed by atoms with van der Waals surface area (Å²) in [6.45, 7) is 14.1. The van der Waals surface area contributed by atoms with Crippen LogP contribution in [0.5, 0.6) is 0 Å². The Morgan fingerprint density at radius 2 is 0.833 bits per heavy atom. The Morgan fingerprint density at radius 3 is 1.08 bits per heavy atom. The Balaban J connectivity index is 2.11. The molecule has 2 heteroatoms. The molecule has 1 aliphatic heterocycles. The Labute approximate surface area is 147 Å². The van der Waals surface area contributed by atoms with Gasteiger partial charge in [-0.25, -0.2) is 0 Å². The first-order valence-corrected chi connectivity index (χ1v) is 8.90. The minimum absolute atomic E-state index is 0.194. The maximum absolute atomic E-state index is 2.49. The van der Waals surface area contributed by atoms with Gasteiger partial charge in [0.1, 0.15) is 0 Å². The molecule has 2 nitrogen and oxygen atoms in total. The van der Waals surface area contributed by atoms with Crippen LogP contribution in [0.4, 0.5) is 11.4 Å². The summed E-state index contributed by atoms with van der Waals surface area (Å²) in [5.41, 5.74) is 2.92. The molecule has 0 amide bonds. The third-order valence-corrected chi connectivity index (χ3v) is 4.87. The molecule has 2 aromatic carbocycles. The molecule has 0 saturated carbocycles. The van der Waals surface area contributed by atoms with E-state index >= 15 is 0 Å². The van der Waals surface area contributed by atoms with E-state index in [1.165, 1.54) is 11.4 Å². The number of hydrazine groups is 1. The van der Waals surface area contributed by atoms with Crippen molar-refractivity contribution in [3.63, 3.8) is 0 Å². The highest BCUT2D eigenvalue weighted by molar-refractivity contribution is 5.65. The van der Waals surface area contributed by atoms with E-state index in [9.17, 15) is 0 Å². The zero-order valence-electron chi connectivity index (χ0n) is 15.8. The van der Waals surface area contributed by atoms with E-state index < -0.39 is 0 Å². The maximum Gasteiger partial charge on any atom is 0.0783 e. The maximum atomic E-state index is 2.49. The number of benzene rings is 2. The van der Waals surface area contributed by atoms with Crippen molar-refractivity contribution in [2.45, 2.75) is 53.6 Å². The molecule has 0 bridgehead atoms. The average Bonchev–Trinajstić information content (AvgIpc) is 2.45. The fourth-order valence-electron chi connectivity index (χ4n) is 3.88. The Morgan fingerprint density at radius 1 is 0.542 bits per heavy atom. The van der Waals surface area contributed by atoms with Gasteiger partial charge in [0.2, 0.25) is 0 Å². The van der Waals surface area contributed by atoms with Crippen LogP contribution < -0.4 is 10.0 Å². The molecule has 128 valence electrons. The van der Waals surface area contributed by atoms with Gasteiger partial charge in [0.05, 0.1) is 23.5 Å². The van der Waals surface area contributed by atoms with Gasteiger partial charge in [0, 0.05) is 0 Å². The first kappa shape index (κ1) is 16.9. The summed E-state index contributed by atoms with van der Waals surface area (Å²) < 4.78 is 0. The summed E-state index contributed by atoms with van der Waals surface area (Å²) in [6.07, 6.45) is 0. The number of hydrogen-bond donors (Lipinski definition) is 0. The molecule has 0 N–H and O–H groups in total. The van der Waals surface area contributed by atoms with Crippen molar-refractivity contribution >= 4 is 11.4 Å². The zero-order valence-corrected chi connectivity index (χ0v) is 15.8. The van der Waals surface area contributed by atoms with E-state index in [0.717, 1.165) is 0 Å². The van der Waals surface area contributed by atoms with Gasteiger partial charge in [-0.15, -0.1) is 0 Å². The number of para-hydroxylation sites is 2. The Hall–Kier alpha value is -1.96. The minimum atomic E-state index is 0.194. The van der Waals surface area contributed by atoms with E-state index in [2.05, 4.69) is 112 Å². The molecular weight excluding hydrogens is 292 g/mol. The van der Waals surface area contributed by atoms with Crippen molar-refractivity contribution in [2.24, 2.45) is 10.8 Å². The largest absolute Gasteiger partial charge is 0.279 e. The molecule has 0 spiro atoms. The summed E-state index contributed by atoms with van der Waals surface area (Å²) >= 11 is 0. The minimum Gasteiger partial charge on any atom is -0.279 e. The highest BCUT2D eigenvalue weighted by Crippen LogP contribution is 2.49. The lowest BCUT2D eigenvalue weighted by molar-refractivity contribution is 0.106. The Kier molecular flexibility index (Phi) is 4.11. The van der Waals surface area contributed by atoms with E-state index in [0.29, 0.717) is 12.1 Å². The summed E-state index contributed by atoms with van der Waals surface area (Å²) in [5, 5.41) is 4.98. The van der Waals surface area contributed by atoms with E-state index in [1.807, 2.05) is 0 Å². The first-order chi connectivity index (χ1) is 11.2. The van der Waals surface area contributed by atoms with Crippen LogP contribution in [0, 0.1) is 10.8 Å². The van der Waals surface area contributed by atoms with Crippen LogP contribution in [-0.4, -0.2) is 12.1 Å². The van der Waals surface area contributed by atoms with Crippen LogP contribution in [0.2, 0.25) is 0 Å². The van der Waals surface area contributed by atoms with Crippen LogP contribution in [-0.2, 0) is 0 Å². The first-order valence-electron chi connectivity index (χ1n) is 8.90. The second-order valence-corrected chi connectivity index (χ2v) is 8.98. The lowest BCUT2D eigenvalue weighted by atomic mass is 9.68. The van der Waals surface area contributed by atoms with Crippen LogP contribution in [0.25, 0.3) is 0 Å². The van der Waals surface area contributed by atoms with E-state index in [-0.39, 0.29) is 10.8 Å². The summed E-state index contributed by atoms with van der Waals surface area (Å²) in [7, 11) is 0. The second-order valence-electron chi connectivity index (χ2n) is 8.98. The van der Waals surface area contributed by atoms with Gasteiger partial charge in [-0.05, 0) is 35.1 Å². The molecule has 1 saturated heterocycles. The van der Waals surface area contributed by atoms with Crippen molar-refractivity contribution in [3.8, 4) is 0 Å². The predicted octanol–water partition coefficient (Wildman–Crippen LogP) is 5.76. The third-order valence-electron chi connectivity index (χ3n) is 4.87. The van der Waals surface area contributed by atoms with Gasteiger partial charge in [-0.3, -0.25) is 10.0 Å². The quantitative estimate of drug-likeness (QED) is 0.694. The van der Waals surface area contributed by atoms with Crippen LogP contribution in [0.3, 0.4) is 0 Å². The van der Waals surface area contributed by atoms with Crippen molar-refractivity contribution in [1.82, 2.24) is 0 Å². The third kappa shape index (κ3) is 2.90. The molecule has 1 aliphatic rings. The number of anilines is 2. The normalized spacial score (nSPS) is 21.6. The van der Waals surface area contributed by atoms with E-state index in [1.54, 1.807) is 0 Å². The molecule has 1 fully saturated rings. The molecule has 3 rings (SSSR count). The fourth-order valence-corrected chi connectivity index (χ4v) is 3.88. The second kappa shape index (κ2) is 5.84. The van der Waals surface area contributed by atoms with Gasteiger partial charge in [0.25, 0.3) is 0 Å². The standard InChI is InChI=1S/C22H30N2/c1-21(2,3)19-20(22(4,5)6)24(18-15-11-8-12-16-18)23(19)17-13-9-7-10-14-17/h7-16,19-20H,1-6H3. The summed E-state index contributed by atoms with van der Waals surface area (Å²) in [5.74, 6) is 0. The monoisotopic (exact) mass is 322 g/mol. The van der Waals surface area contributed by atoms with Crippen molar-refractivity contribution < 1.29 is 0 Å². The molecule has 2 aromatic rings. The predicted molar refractivity (Wildman–Crippen MR) is 104 cm³/mol. The lowest BCUT2D eigenvalue weighted by Gasteiger charge is -2.67. The molecule has 0 aromatic heterocycles. The molecule has 2 atom stereocenters. The molecule has 2 unspecified atom stereocenters. The summed E-state index contributed by atoms with van der Waals surface area (Å²) in [4.78, 5) is 0. The van der Waals surface area contributed by atoms with E-state index in [4.69, 9.17) is 0 Å². The van der Waals surface area contributed by atoms with Crippen molar-refractivity contribution in [1.29, 1.82) is 0 Å². The highest BCUT2D eigenvalue weighted by Gasteiger charge is 2.56. The van der Waals surface area contributed by atoms with Crippen molar-refractivity contribution in [2.75, 3.05) is 10.0 Å². The van der Waals surface area contributed by atoms with Gasteiger partial charge in [-0.2, -0.15) is 0 Å².